The van der Waals surface area contributed by atoms with Gasteiger partial charge in [-0.2, -0.15) is 0 Å². The second-order valence-electron chi connectivity index (χ2n) is 5.99. The number of hydrogen-bond donors (Lipinski definition) is 1. The van der Waals surface area contributed by atoms with Crippen LogP contribution in [0.1, 0.15) is 37.3 Å². The van der Waals surface area contributed by atoms with Gasteiger partial charge in [-0.25, -0.2) is 0 Å². The van der Waals surface area contributed by atoms with Gasteiger partial charge in [-0.05, 0) is 56.0 Å². The number of morpholine rings is 1. The lowest BCUT2D eigenvalue weighted by Crippen LogP contribution is -2.48. The lowest BCUT2D eigenvalue weighted by atomic mass is 10.0. The fraction of sp³-hybridized carbons (Fsp3) is 0.647. The molecule has 110 valence electrons. The maximum Gasteiger partial charge on any atom is 0.0779 e. The van der Waals surface area contributed by atoms with Crippen molar-refractivity contribution < 1.29 is 4.74 Å². The van der Waals surface area contributed by atoms with E-state index in [0.29, 0.717) is 12.1 Å². The van der Waals surface area contributed by atoms with E-state index in [1.165, 1.54) is 36.1 Å². The van der Waals surface area contributed by atoms with E-state index in [9.17, 15) is 0 Å². The van der Waals surface area contributed by atoms with Crippen molar-refractivity contribution in [2.45, 2.75) is 51.8 Å². The summed E-state index contributed by atoms with van der Waals surface area (Å²) in [5.74, 6) is 0. The third kappa shape index (κ3) is 2.70. The Hall–Kier alpha value is -1.06. The first-order valence-corrected chi connectivity index (χ1v) is 7.98. The van der Waals surface area contributed by atoms with Crippen molar-refractivity contribution in [1.29, 1.82) is 0 Å². The quantitative estimate of drug-likeness (QED) is 0.913. The lowest BCUT2D eigenvalue weighted by Gasteiger charge is -2.39. The van der Waals surface area contributed by atoms with Crippen molar-refractivity contribution in [2.24, 2.45) is 0 Å². The summed E-state index contributed by atoms with van der Waals surface area (Å²) in [5, 5.41) is 3.41. The second kappa shape index (κ2) is 6.15. The van der Waals surface area contributed by atoms with Crippen LogP contribution in [0.2, 0.25) is 0 Å². The molecule has 0 bridgehead atoms. The average Bonchev–Trinajstić information content (AvgIpc) is 2.94. The summed E-state index contributed by atoms with van der Waals surface area (Å²) in [6, 6.07) is 7.53. The number of nitrogens with one attached hydrogen (secondary N) is 1. The molecule has 3 nitrogen and oxygen atoms in total. The van der Waals surface area contributed by atoms with Crippen molar-refractivity contribution in [3.63, 3.8) is 0 Å². The van der Waals surface area contributed by atoms with Crippen LogP contribution >= 0.6 is 0 Å². The molecule has 0 spiro atoms. The first-order chi connectivity index (χ1) is 9.79. The van der Waals surface area contributed by atoms with Crippen LogP contribution in [0.15, 0.2) is 18.2 Å². The highest BCUT2D eigenvalue weighted by Gasteiger charge is 2.36. The standard InChI is InChI=1S/C17H26N2O/c1-3-18-12-14-7-8-15(11-13(14)2)19-9-10-20-17-6-4-5-16(17)19/h7-8,11,16-18H,3-6,9-10,12H2,1-2H3. The molecule has 2 fully saturated rings. The Morgan fingerprint density at radius 2 is 2.25 bits per heavy atom. The molecule has 1 aliphatic heterocycles. The van der Waals surface area contributed by atoms with Crippen molar-refractivity contribution in [1.82, 2.24) is 5.32 Å². The van der Waals surface area contributed by atoms with Gasteiger partial charge in [0.1, 0.15) is 0 Å². The first kappa shape index (κ1) is 13.9. The van der Waals surface area contributed by atoms with Gasteiger partial charge in [-0.3, -0.25) is 0 Å². The maximum absolute atomic E-state index is 5.91. The van der Waals surface area contributed by atoms with Crippen molar-refractivity contribution >= 4 is 5.69 Å². The van der Waals surface area contributed by atoms with Crippen LogP contribution in [0, 0.1) is 6.92 Å². The van der Waals surface area contributed by atoms with E-state index in [4.69, 9.17) is 4.74 Å². The molecule has 0 amide bonds. The molecule has 2 aliphatic rings. The molecule has 2 unspecified atom stereocenters. The van der Waals surface area contributed by atoms with E-state index in [-0.39, 0.29) is 0 Å². The zero-order chi connectivity index (χ0) is 13.9. The summed E-state index contributed by atoms with van der Waals surface area (Å²) in [7, 11) is 0. The van der Waals surface area contributed by atoms with E-state index in [1.807, 2.05) is 0 Å². The molecular weight excluding hydrogens is 248 g/mol. The Morgan fingerprint density at radius 1 is 1.35 bits per heavy atom. The monoisotopic (exact) mass is 274 g/mol. The number of nitrogens with zero attached hydrogens (tertiary/aromatic N) is 1. The highest BCUT2D eigenvalue weighted by Crippen LogP contribution is 2.33. The Labute approximate surface area is 122 Å². The van der Waals surface area contributed by atoms with Gasteiger partial charge in [-0.1, -0.05) is 13.0 Å². The molecule has 2 atom stereocenters. The highest BCUT2D eigenvalue weighted by molar-refractivity contribution is 5.52. The van der Waals surface area contributed by atoms with Crippen LogP contribution in [-0.4, -0.2) is 31.8 Å². The minimum atomic E-state index is 0.463. The minimum absolute atomic E-state index is 0.463. The van der Waals surface area contributed by atoms with Crippen molar-refractivity contribution in [2.75, 3.05) is 24.6 Å². The van der Waals surface area contributed by atoms with Crippen LogP contribution in [-0.2, 0) is 11.3 Å². The third-order valence-corrected chi connectivity index (χ3v) is 4.71. The summed E-state index contributed by atoms with van der Waals surface area (Å²) >= 11 is 0. The Kier molecular flexibility index (Phi) is 4.27. The van der Waals surface area contributed by atoms with Crippen molar-refractivity contribution in [3.8, 4) is 0 Å². The highest BCUT2D eigenvalue weighted by atomic mass is 16.5. The molecule has 0 radical (unpaired) electrons. The van der Waals surface area contributed by atoms with Gasteiger partial charge in [0.15, 0.2) is 0 Å². The van der Waals surface area contributed by atoms with E-state index in [0.717, 1.165) is 26.2 Å². The molecule has 1 saturated carbocycles. The molecule has 1 N–H and O–H groups in total. The summed E-state index contributed by atoms with van der Waals surface area (Å²) < 4.78 is 5.91. The summed E-state index contributed by atoms with van der Waals surface area (Å²) in [6.45, 7) is 8.28. The molecule has 1 aromatic carbocycles. The van der Waals surface area contributed by atoms with Crippen molar-refractivity contribution in [3.05, 3.63) is 29.3 Å². The lowest BCUT2D eigenvalue weighted by molar-refractivity contribution is 0.0256. The van der Waals surface area contributed by atoms with E-state index in [2.05, 4.69) is 42.3 Å². The van der Waals surface area contributed by atoms with Gasteiger partial charge in [0, 0.05) is 18.8 Å². The fourth-order valence-electron chi connectivity index (χ4n) is 3.56. The number of hydrogen-bond acceptors (Lipinski definition) is 3. The number of ether oxygens (including phenoxy) is 1. The largest absolute Gasteiger partial charge is 0.374 e. The zero-order valence-corrected chi connectivity index (χ0v) is 12.7. The van der Waals surface area contributed by atoms with E-state index >= 15 is 0 Å². The molecule has 1 saturated heterocycles. The number of anilines is 1. The van der Waals surface area contributed by atoms with Crippen LogP contribution < -0.4 is 10.2 Å². The van der Waals surface area contributed by atoms with Gasteiger partial charge < -0.3 is 15.0 Å². The SMILES string of the molecule is CCNCc1ccc(N2CCOC3CCCC32)cc1C. The van der Waals surface area contributed by atoms with E-state index in [1.54, 1.807) is 0 Å². The van der Waals surface area contributed by atoms with Crippen LogP contribution in [0.25, 0.3) is 0 Å². The number of fused-ring (bicyclic) bond motifs is 1. The van der Waals surface area contributed by atoms with E-state index < -0.39 is 0 Å². The number of rotatable bonds is 4. The Morgan fingerprint density at radius 3 is 3.05 bits per heavy atom. The zero-order valence-electron chi connectivity index (χ0n) is 12.7. The molecule has 0 aromatic heterocycles. The first-order valence-electron chi connectivity index (χ1n) is 7.98. The molecule has 1 aliphatic carbocycles. The molecule has 3 rings (SSSR count). The number of aryl methyl sites for hydroxylation is 1. The topological polar surface area (TPSA) is 24.5 Å². The predicted octanol–water partition coefficient (Wildman–Crippen LogP) is 2.86. The van der Waals surface area contributed by atoms with Crippen LogP contribution in [0.3, 0.4) is 0 Å². The average molecular weight is 274 g/mol. The van der Waals surface area contributed by atoms with Gasteiger partial charge >= 0.3 is 0 Å². The number of benzene rings is 1. The van der Waals surface area contributed by atoms with Gasteiger partial charge in [0.2, 0.25) is 0 Å². The third-order valence-electron chi connectivity index (χ3n) is 4.71. The normalized spacial score (nSPS) is 25.8. The molecular formula is C17H26N2O. The Balaban J connectivity index is 1.77. The molecule has 1 heterocycles. The molecule has 1 aromatic rings. The fourth-order valence-corrected chi connectivity index (χ4v) is 3.56. The molecule has 20 heavy (non-hydrogen) atoms. The van der Waals surface area contributed by atoms with Gasteiger partial charge in [0.25, 0.3) is 0 Å². The maximum atomic E-state index is 5.91. The van der Waals surface area contributed by atoms with Gasteiger partial charge in [0.05, 0.1) is 18.8 Å². The summed E-state index contributed by atoms with van der Waals surface area (Å²) in [6.07, 6.45) is 4.29. The summed E-state index contributed by atoms with van der Waals surface area (Å²) in [4.78, 5) is 2.57. The summed E-state index contributed by atoms with van der Waals surface area (Å²) in [5.41, 5.74) is 4.18. The predicted molar refractivity (Wildman–Crippen MR) is 83.3 cm³/mol. The smallest absolute Gasteiger partial charge is 0.0779 e. The second-order valence-corrected chi connectivity index (χ2v) is 5.99. The van der Waals surface area contributed by atoms with Gasteiger partial charge in [-0.15, -0.1) is 0 Å². The minimum Gasteiger partial charge on any atom is -0.374 e. The van der Waals surface area contributed by atoms with Crippen LogP contribution in [0.4, 0.5) is 5.69 Å². The Bertz CT molecular complexity index is 460. The van der Waals surface area contributed by atoms with Crippen LogP contribution in [0.5, 0.6) is 0 Å². The molecule has 3 heteroatoms.